The van der Waals surface area contributed by atoms with Gasteiger partial charge < -0.3 is 14.8 Å². The average Bonchev–Trinajstić information content (AvgIpc) is 3.44. The molecule has 0 bridgehead atoms. The van der Waals surface area contributed by atoms with Gasteiger partial charge in [-0.05, 0) is 43.0 Å². The van der Waals surface area contributed by atoms with Crippen molar-refractivity contribution in [3.63, 3.8) is 0 Å². The fraction of sp³-hybridized carbons (Fsp3) is 0.316. The minimum absolute atomic E-state index is 0.0217. The van der Waals surface area contributed by atoms with Crippen LogP contribution < -0.4 is 0 Å². The number of nitrogens with zero attached hydrogens (tertiary/aromatic N) is 2. The van der Waals surface area contributed by atoms with E-state index in [4.69, 9.17) is 0 Å². The lowest BCUT2D eigenvalue weighted by atomic mass is 10.1. The lowest BCUT2D eigenvalue weighted by Crippen LogP contribution is -2.37. The molecule has 1 unspecified atom stereocenters. The number of phenolic OH excluding ortho intramolecular Hbond substituents is 1. The van der Waals surface area contributed by atoms with Gasteiger partial charge in [0.05, 0.1) is 0 Å². The first kappa shape index (κ1) is 16.2. The van der Waals surface area contributed by atoms with E-state index in [1.807, 2.05) is 18.2 Å². The van der Waals surface area contributed by atoms with E-state index >= 15 is 0 Å². The van der Waals surface area contributed by atoms with Crippen LogP contribution in [0.5, 0.6) is 5.75 Å². The highest BCUT2D eigenvalue weighted by molar-refractivity contribution is 5.81. The molecule has 124 valence electrons. The van der Waals surface area contributed by atoms with Crippen LogP contribution in [0.1, 0.15) is 36.4 Å². The minimum atomic E-state index is -0.571. The first-order chi connectivity index (χ1) is 11.7. The van der Waals surface area contributed by atoms with Crippen molar-refractivity contribution in [3.05, 3.63) is 59.9 Å². The third kappa shape index (κ3) is 3.79. The van der Waals surface area contributed by atoms with Gasteiger partial charge in [0, 0.05) is 30.4 Å². The molecule has 1 aromatic heterocycles. The summed E-state index contributed by atoms with van der Waals surface area (Å²) in [5, 5.41) is 9.31. The predicted molar refractivity (Wildman–Crippen MR) is 89.3 cm³/mol. The third-order valence-electron chi connectivity index (χ3n) is 4.25. The summed E-state index contributed by atoms with van der Waals surface area (Å²) in [7, 11) is 0. The molecule has 1 amide bonds. The highest BCUT2D eigenvalue weighted by Gasteiger charge is 2.37. The number of hydrogen-bond acceptors (Lipinski definition) is 4. The first-order valence-corrected chi connectivity index (χ1v) is 8.13. The molecule has 1 fully saturated rings. The molecule has 0 aliphatic heterocycles. The van der Waals surface area contributed by atoms with Gasteiger partial charge in [0.1, 0.15) is 18.1 Å². The molecule has 1 N–H and O–H groups in total. The number of benzene rings is 1. The molecular weight excluding hydrogens is 304 g/mol. The molecule has 24 heavy (non-hydrogen) atoms. The molecule has 1 heterocycles. The zero-order chi connectivity index (χ0) is 16.9. The van der Waals surface area contributed by atoms with E-state index in [-0.39, 0.29) is 17.7 Å². The number of carbonyl (C=O) groups excluding carboxylic acids is 2. The standard InChI is InChI=1S/C19H20N2O3/c22-13-18(15-2-1-11-20-12-15)21(16-6-7-16)19(24)10-5-14-3-8-17(23)9-4-14/h1-4,8-9,11-13,16,18,23H,5-7,10H2. The van der Waals surface area contributed by atoms with E-state index < -0.39 is 6.04 Å². The van der Waals surface area contributed by atoms with E-state index in [1.165, 1.54) is 0 Å². The summed E-state index contributed by atoms with van der Waals surface area (Å²) >= 11 is 0. The van der Waals surface area contributed by atoms with E-state index in [2.05, 4.69) is 4.98 Å². The average molecular weight is 324 g/mol. The summed E-state index contributed by atoms with van der Waals surface area (Å²) in [6.45, 7) is 0. The van der Waals surface area contributed by atoms with Gasteiger partial charge in [-0.2, -0.15) is 0 Å². The number of aromatic hydroxyl groups is 1. The Hall–Kier alpha value is -2.69. The van der Waals surface area contributed by atoms with E-state index in [0.717, 1.165) is 30.3 Å². The number of aromatic nitrogens is 1. The van der Waals surface area contributed by atoms with Gasteiger partial charge in [0.2, 0.25) is 5.91 Å². The molecule has 5 heteroatoms. The molecule has 0 spiro atoms. The number of aryl methyl sites for hydroxylation is 1. The number of carbonyl (C=O) groups is 2. The lowest BCUT2D eigenvalue weighted by molar-refractivity contribution is -0.137. The third-order valence-corrected chi connectivity index (χ3v) is 4.25. The molecule has 3 rings (SSSR count). The Bertz CT molecular complexity index is 696. The second-order valence-electron chi connectivity index (χ2n) is 6.07. The van der Waals surface area contributed by atoms with Crippen LogP contribution in [0.2, 0.25) is 0 Å². The molecule has 5 nitrogen and oxygen atoms in total. The van der Waals surface area contributed by atoms with E-state index in [0.29, 0.717) is 12.8 Å². The molecule has 0 radical (unpaired) electrons. The minimum Gasteiger partial charge on any atom is -0.508 e. The van der Waals surface area contributed by atoms with Crippen LogP contribution in [0.3, 0.4) is 0 Å². The van der Waals surface area contributed by atoms with Crippen molar-refractivity contribution in [1.82, 2.24) is 9.88 Å². The normalized spacial score (nSPS) is 14.8. The highest BCUT2D eigenvalue weighted by atomic mass is 16.3. The zero-order valence-corrected chi connectivity index (χ0v) is 13.3. The van der Waals surface area contributed by atoms with Crippen LogP contribution in [0, 0.1) is 0 Å². The molecule has 1 aliphatic carbocycles. The zero-order valence-electron chi connectivity index (χ0n) is 13.3. The van der Waals surface area contributed by atoms with Crippen molar-refractivity contribution in [2.45, 2.75) is 37.8 Å². The summed E-state index contributed by atoms with van der Waals surface area (Å²) in [5.41, 5.74) is 1.73. The Labute approximate surface area is 140 Å². The maximum atomic E-state index is 12.7. The van der Waals surface area contributed by atoms with Crippen molar-refractivity contribution in [2.75, 3.05) is 0 Å². The summed E-state index contributed by atoms with van der Waals surface area (Å²) < 4.78 is 0. The van der Waals surface area contributed by atoms with Crippen LogP contribution in [-0.2, 0) is 16.0 Å². The monoisotopic (exact) mass is 324 g/mol. The maximum absolute atomic E-state index is 12.7. The summed E-state index contributed by atoms with van der Waals surface area (Å²) in [6, 6.07) is 10.0. The van der Waals surface area contributed by atoms with Crippen molar-refractivity contribution < 1.29 is 14.7 Å². The Balaban J connectivity index is 1.71. The van der Waals surface area contributed by atoms with Gasteiger partial charge >= 0.3 is 0 Å². The van der Waals surface area contributed by atoms with Gasteiger partial charge in [0.25, 0.3) is 0 Å². The number of aldehydes is 1. The van der Waals surface area contributed by atoms with Crippen LogP contribution in [0.25, 0.3) is 0 Å². The molecule has 1 aliphatic rings. The second-order valence-corrected chi connectivity index (χ2v) is 6.07. The van der Waals surface area contributed by atoms with Crippen LogP contribution in [0.4, 0.5) is 0 Å². The van der Waals surface area contributed by atoms with Crippen LogP contribution in [0.15, 0.2) is 48.8 Å². The highest BCUT2D eigenvalue weighted by Crippen LogP contribution is 2.34. The van der Waals surface area contributed by atoms with Gasteiger partial charge in [0.15, 0.2) is 0 Å². The number of amides is 1. The topological polar surface area (TPSA) is 70.5 Å². The van der Waals surface area contributed by atoms with Crippen LogP contribution >= 0.6 is 0 Å². The smallest absolute Gasteiger partial charge is 0.224 e. The summed E-state index contributed by atoms with van der Waals surface area (Å²) in [5.74, 6) is 0.189. The van der Waals surface area contributed by atoms with Crippen molar-refractivity contribution in [1.29, 1.82) is 0 Å². The fourth-order valence-electron chi connectivity index (χ4n) is 2.84. The molecule has 0 saturated heterocycles. The van der Waals surface area contributed by atoms with E-state index in [9.17, 15) is 14.7 Å². The molecule has 1 aromatic carbocycles. The fourth-order valence-corrected chi connectivity index (χ4v) is 2.84. The maximum Gasteiger partial charge on any atom is 0.224 e. The predicted octanol–water partition coefficient (Wildman–Crippen LogP) is 2.65. The molecule has 1 saturated carbocycles. The quantitative estimate of drug-likeness (QED) is 0.795. The number of phenols is 1. The Morgan fingerprint density at radius 1 is 1.29 bits per heavy atom. The first-order valence-electron chi connectivity index (χ1n) is 8.13. The van der Waals surface area contributed by atoms with Gasteiger partial charge in [-0.15, -0.1) is 0 Å². The number of pyridine rings is 1. The Morgan fingerprint density at radius 2 is 2.04 bits per heavy atom. The van der Waals surface area contributed by atoms with Crippen molar-refractivity contribution in [3.8, 4) is 5.75 Å². The number of rotatable bonds is 7. The van der Waals surface area contributed by atoms with Crippen molar-refractivity contribution in [2.24, 2.45) is 0 Å². The summed E-state index contributed by atoms with van der Waals surface area (Å²) in [4.78, 5) is 30.2. The lowest BCUT2D eigenvalue weighted by Gasteiger charge is -2.28. The van der Waals surface area contributed by atoms with Gasteiger partial charge in [-0.25, -0.2) is 0 Å². The SMILES string of the molecule is O=CC(c1cccnc1)N(C(=O)CCc1ccc(O)cc1)C1CC1. The van der Waals surface area contributed by atoms with Gasteiger partial charge in [-0.3, -0.25) is 9.78 Å². The molecule has 1 atom stereocenters. The largest absolute Gasteiger partial charge is 0.508 e. The number of hydrogen-bond donors (Lipinski definition) is 1. The summed E-state index contributed by atoms with van der Waals surface area (Å²) in [6.07, 6.45) is 6.92. The molecular formula is C19H20N2O3. The Kier molecular flexibility index (Phi) is 4.89. The van der Waals surface area contributed by atoms with Crippen molar-refractivity contribution >= 4 is 12.2 Å². The van der Waals surface area contributed by atoms with E-state index in [1.54, 1.807) is 35.5 Å². The van der Waals surface area contributed by atoms with Crippen LogP contribution in [-0.4, -0.2) is 33.2 Å². The van der Waals surface area contributed by atoms with Gasteiger partial charge in [-0.1, -0.05) is 18.2 Å². The molecule has 2 aromatic rings. The second kappa shape index (κ2) is 7.25. The Morgan fingerprint density at radius 3 is 2.62 bits per heavy atom.